The zero-order valence-corrected chi connectivity index (χ0v) is 18.8. The van der Waals surface area contributed by atoms with Gasteiger partial charge in [0.05, 0.1) is 27.2 Å². The number of carbonyl (C=O) groups is 1. The van der Waals surface area contributed by atoms with Gasteiger partial charge in [0, 0.05) is 5.54 Å². The van der Waals surface area contributed by atoms with E-state index in [1.165, 1.54) is 0 Å². The maximum atomic E-state index is 13.3. The van der Waals surface area contributed by atoms with Crippen molar-refractivity contribution in [3.05, 3.63) is 69.2 Å². The molecule has 8 heteroatoms. The van der Waals surface area contributed by atoms with Crippen LogP contribution in [0.3, 0.4) is 0 Å². The first-order valence-corrected chi connectivity index (χ1v) is 11.0. The molecule has 0 aromatic heterocycles. The van der Waals surface area contributed by atoms with Gasteiger partial charge >= 0.3 is 6.18 Å². The lowest BCUT2D eigenvalue weighted by Crippen LogP contribution is -2.57. The normalized spacial score (nSPS) is 22.7. The van der Waals surface area contributed by atoms with Gasteiger partial charge < -0.3 is 10.6 Å². The molecule has 3 nitrogen and oxygen atoms in total. The third kappa shape index (κ3) is 5.18. The Kier molecular flexibility index (Phi) is 7.24. The Morgan fingerprint density at radius 1 is 1.23 bits per heavy atom. The number of hydrogen-bond donors (Lipinski definition) is 2. The first-order chi connectivity index (χ1) is 14.6. The minimum atomic E-state index is -4.69. The topological polar surface area (TPSA) is 41.1 Å². The number of rotatable bonds is 5. The van der Waals surface area contributed by atoms with Crippen molar-refractivity contribution >= 4 is 29.1 Å². The SMILES string of the molecule is CCC1CCC(C)(C(NC(=O)c2c(Cl)ccc(C(F)(F)F)c2Cl)c2ccccc2)NC1. The van der Waals surface area contributed by atoms with Gasteiger partial charge in [0.25, 0.3) is 5.91 Å². The maximum absolute atomic E-state index is 13.3. The fraction of sp³-hybridized carbons (Fsp3) is 0.435. The van der Waals surface area contributed by atoms with Crippen LogP contribution in [0.15, 0.2) is 42.5 Å². The van der Waals surface area contributed by atoms with E-state index in [0.717, 1.165) is 43.5 Å². The lowest BCUT2D eigenvalue weighted by atomic mass is 9.77. The minimum absolute atomic E-state index is 0.130. The van der Waals surface area contributed by atoms with Crippen molar-refractivity contribution in [1.82, 2.24) is 10.6 Å². The number of halogens is 5. The Morgan fingerprint density at radius 3 is 2.45 bits per heavy atom. The minimum Gasteiger partial charge on any atom is -0.343 e. The van der Waals surface area contributed by atoms with Crippen LogP contribution in [0.5, 0.6) is 0 Å². The average molecular weight is 473 g/mol. The van der Waals surface area contributed by atoms with E-state index in [2.05, 4.69) is 17.6 Å². The number of piperidine rings is 1. The molecule has 2 N–H and O–H groups in total. The van der Waals surface area contributed by atoms with E-state index >= 15 is 0 Å². The second-order valence-corrected chi connectivity index (χ2v) is 9.00. The molecular formula is C23H25Cl2F3N2O. The van der Waals surface area contributed by atoms with Crippen LogP contribution in [0.25, 0.3) is 0 Å². The molecule has 0 aliphatic carbocycles. The van der Waals surface area contributed by atoms with Crippen molar-refractivity contribution in [2.75, 3.05) is 6.54 Å². The summed E-state index contributed by atoms with van der Waals surface area (Å²) >= 11 is 12.1. The van der Waals surface area contributed by atoms with E-state index in [9.17, 15) is 18.0 Å². The maximum Gasteiger partial charge on any atom is 0.417 e. The van der Waals surface area contributed by atoms with E-state index in [1.54, 1.807) is 0 Å². The fourth-order valence-corrected chi connectivity index (χ4v) is 4.75. The molecule has 0 saturated carbocycles. The highest BCUT2D eigenvalue weighted by molar-refractivity contribution is 6.40. The Hall–Kier alpha value is -1.76. The molecule has 2 aromatic carbocycles. The molecule has 1 aliphatic heterocycles. The Labute approximate surface area is 190 Å². The molecule has 31 heavy (non-hydrogen) atoms. The summed E-state index contributed by atoms with van der Waals surface area (Å²) in [5.41, 5.74) is -1.10. The molecule has 3 rings (SSSR count). The van der Waals surface area contributed by atoms with E-state index in [4.69, 9.17) is 23.2 Å². The molecule has 3 atom stereocenters. The fourth-order valence-electron chi connectivity index (χ4n) is 4.11. The van der Waals surface area contributed by atoms with Crippen LogP contribution in [0, 0.1) is 5.92 Å². The molecule has 0 spiro atoms. The molecule has 0 radical (unpaired) electrons. The molecule has 1 amide bonds. The van der Waals surface area contributed by atoms with Gasteiger partial charge in [-0.2, -0.15) is 13.2 Å². The quantitative estimate of drug-likeness (QED) is 0.511. The summed E-state index contributed by atoms with van der Waals surface area (Å²) < 4.78 is 39.9. The number of carbonyl (C=O) groups excluding carboxylic acids is 1. The van der Waals surface area contributed by atoms with Gasteiger partial charge in [-0.3, -0.25) is 4.79 Å². The van der Waals surface area contributed by atoms with Crippen LogP contribution in [0.4, 0.5) is 13.2 Å². The molecule has 1 heterocycles. The summed E-state index contributed by atoms with van der Waals surface area (Å²) in [7, 11) is 0. The largest absolute Gasteiger partial charge is 0.417 e. The molecule has 1 fully saturated rings. The van der Waals surface area contributed by atoms with Gasteiger partial charge in [-0.25, -0.2) is 0 Å². The van der Waals surface area contributed by atoms with Crippen LogP contribution in [-0.4, -0.2) is 18.0 Å². The molecule has 1 aliphatic rings. The van der Waals surface area contributed by atoms with Crippen molar-refractivity contribution in [3.8, 4) is 0 Å². The molecule has 1 saturated heterocycles. The zero-order valence-electron chi connectivity index (χ0n) is 17.3. The lowest BCUT2D eigenvalue weighted by molar-refractivity contribution is -0.137. The van der Waals surface area contributed by atoms with Gasteiger partial charge in [-0.1, -0.05) is 66.9 Å². The first kappa shape index (κ1) is 23.9. The number of benzene rings is 2. The van der Waals surface area contributed by atoms with Crippen molar-refractivity contribution in [2.45, 2.75) is 50.9 Å². The van der Waals surface area contributed by atoms with Gasteiger partial charge in [0.1, 0.15) is 0 Å². The predicted molar refractivity (Wildman–Crippen MR) is 118 cm³/mol. The zero-order chi connectivity index (χ0) is 22.8. The van der Waals surface area contributed by atoms with Crippen LogP contribution in [-0.2, 0) is 6.18 Å². The summed E-state index contributed by atoms with van der Waals surface area (Å²) in [5, 5.41) is 5.64. The Balaban J connectivity index is 1.97. The summed E-state index contributed by atoms with van der Waals surface area (Å²) in [4.78, 5) is 13.2. The van der Waals surface area contributed by atoms with Crippen molar-refractivity contribution in [3.63, 3.8) is 0 Å². The third-order valence-electron chi connectivity index (χ3n) is 6.11. The smallest absolute Gasteiger partial charge is 0.343 e. The van der Waals surface area contributed by atoms with Gasteiger partial charge in [0.15, 0.2) is 0 Å². The Bertz CT molecular complexity index is 926. The lowest BCUT2D eigenvalue weighted by Gasteiger charge is -2.44. The van der Waals surface area contributed by atoms with Gasteiger partial charge in [0.2, 0.25) is 0 Å². The van der Waals surface area contributed by atoms with E-state index < -0.39 is 34.3 Å². The number of nitrogens with one attached hydrogen (secondary N) is 2. The summed E-state index contributed by atoms with van der Waals surface area (Å²) in [6, 6.07) is 10.7. The van der Waals surface area contributed by atoms with Crippen LogP contribution in [0.2, 0.25) is 10.0 Å². The molecule has 2 aromatic rings. The second-order valence-electron chi connectivity index (χ2n) is 8.21. The number of hydrogen-bond acceptors (Lipinski definition) is 2. The number of amides is 1. The first-order valence-electron chi connectivity index (χ1n) is 10.2. The van der Waals surface area contributed by atoms with Gasteiger partial charge in [-0.15, -0.1) is 0 Å². The van der Waals surface area contributed by atoms with Crippen molar-refractivity contribution in [1.29, 1.82) is 0 Å². The summed E-state index contributed by atoms with van der Waals surface area (Å²) in [6.07, 6.45) is -1.85. The van der Waals surface area contributed by atoms with Crippen molar-refractivity contribution < 1.29 is 18.0 Å². The van der Waals surface area contributed by atoms with Crippen LogP contribution < -0.4 is 10.6 Å². The second kappa shape index (κ2) is 9.39. The van der Waals surface area contributed by atoms with E-state index in [0.29, 0.717) is 5.92 Å². The molecule has 168 valence electrons. The van der Waals surface area contributed by atoms with Crippen LogP contribution >= 0.6 is 23.2 Å². The molecule has 0 bridgehead atoms. The predicted octanol–water partition coefficient (Wildman–Crippen LogP) is 6.65. The summed E-state index contributed by atoms with van der Waals surface area (Å²) in [5.74, 6) is -0.192. The standard InChI is InChI=1S/C23H25Cl2F3N2O/c1-3-14-11-12-22(2,29-13-14)20(15-7-5-4-6-8-15)30-21(31)18-17(24)10-9-16(19(18)25)23(26,27)28/h4-10,14,20,29H,3,11-13H2,1-2H3,(H,30,31). The van der Waals surface area contributed by atoms with E-state index in [1.807, 2.05) is 37.3 Å². The Morgan fingerprint density at radius 2 is 1.90 bits per heavy atom. The van der Waals surface area contributed by atoms with Gasteiger partial charge in [-0.05, 0) is 49.9 Å². The molecule has 3 unspecified atom stereocenters. The highest BCUT2D eigenvalue weighted by atomic mass is 35.5. The van der Waals surface area contributed by atoms with Crippen molar-refractivity contribution in [2.24, 2.45) is 5.92 Å². The average Bonchev–Trinajstić information content (AvgIpc) is 2.72. The highest BCUT2D eigenvalue weighted by Gasteiger charge is 2.41. The summed E-state index contributed by atoms with van der Waals surface area (Å²) in [6.45, 7) is 4.96. The van der Waals surface area contributed by atoms with Crippen LogP contribution in [0.1, 0.15) is 60.6 Å². The number of alkyl halides is 3. The third-order valence-corrected chi connectivity index (χ3v) is 6.82. The molecular weight excluding hydrogens is 448 g/mol. The highest BCUT2D eigenvalue weighted by Crippen LogP contribution is 2.40. The van der Waals surface area contributed by atoms with E-state index in [-0.39, 0.29) is 10.6 Å². The monoisotopic (exact) mass is 472 g/mol.